The number of carbonyl (C=O) groups is 1. The highest BCUT2D eigenvalue weighted by molar-refractivity contribution is 5.78. The highest BCUT2D eigenvalue weighted by Crippen LogP contribution is 2.24. The van der Waals surface area contributed by atoms with Crippen LogP contribution in [0.25, 0.3) is 0 Å². The van der Waals surface area contributed by atoms with Gasteiger partial charge in [-0.25, -0.2) is 4.98 Å². The van der Waals surface area contributed by atoms with Gasteiger partial charge in [0.05, 0.1) is 18.6 Å². The molecule has 1 rings (SSSR count). The van der Waals surface area contributed by atoms with Crippen LogP contribution >= 0.6 is 0 Å². The summed E-state index contributed by atoms with van der Waals surface area (Å²) in [6.07, 6.45) is 0. The van der Waals surface area contributed by atoms with E-state index >= 15 is 0 Å². The van der Waals surface area contributed by atoms with Crippen LogP contribution in [0.2, 0.25) is 0 Å². The molecule has 0 spiro atoms. The van der Waals surface area contributed by atoms with Gasteiger partial charge in [0.2, 0.25) is 11.8 Å². The molecule has 0 aliphatic carbocycles. The fourth-order valence-electron chi connectivity index (χ4n) is 1.99. The number of amides is 1. The van der Waals surface area contributed by atoms with Crippen molar-refractivity contribution in [3.63, 3.8) is 0 Å². The summed E-state index contributed by atoms with van der Waals surface area (Å²) in [6, 6.07) is 0. The van der Waals surface area contributed by atoms with Crippen LogP contribution in [0.3, 0.4) is 0 Å². The zero-order chi connectivity index (χ0) is 14.6. The molecule has 1 heterocycles. The Bertz CT molecular complexity index is 462. The molecule has 6 heteroatoms. The number of nitrogens with one attached hydrogen (secondary N) is 1. The van der Waals surface area contributed by atoms with E-state index in [2.05, 4.69) is 15.3 Å². The van der Waals surface area contributed by atoms with E-state index in [0.29, 0.717) is 18.2 Å². The van der Waals surface area contributed by atoms with E-state index < -0.39 is 0 Å². The number of rotatable bonds is 5. The van der Waals surface area contributed by atoms with E-state index in [9.17, 15) is 4.79 Å². The second-order valence-electron chi connectivity index (χ2n) is 4.62. The third kappa shape index (κ3) is 3.56. The Balaban J connectivity index is 2.96. The van der Waals surface area contributed by atoms with E-state index in [1.807, 2.05) is 32.7 Å². The Labute approximate surface area is 114 Å². The van der Waals surface area contributed by atoms with Crippen molar-refractivity contribution < 1.29 is 9.53 Å². The molecule has 0 aliphatic heterocycles. The molecule has 0 fully saturated rings. The van der Waals surface area contributed by atoms with Gasteiger partial charge in [-0.15, -0.1) is 0 Å². The predicted octanol–water partition coefficient (Wildman–Crippen LogP) is 0.920. The standard InChI is InChI=1S/C13H22N4O2/c1-8(12(18)14-4)7-17(5)11-9(2)13(19-6)16-10(3)15-11/h8H,7H2,1-6H3,(H,14,18). The number of methoxy groups -OCH3 is 1. The lowest BCUT2D eigenvalue weighted by atomic mass is 10.1. The largest absolute Gasteiger partial charge is 0.481 e. The number of hydrogen-bond acceptors (Lipinski definition) is 5. The fraction of sp³-hybridized carbons (Fsp3) is 0.615. The van der Waals surface area contributed by atoms with Crippen molar-refractivity contribution >= 4 is 11.7 Å². The van der Waals surface area contributed by atoms with E-state index in [1.54, 1.807) is 14.2 Å². The van der Waals surface area contributed by atoms with Gasteiger partial charge in [0.15, 0.2) is 0 Å². The van der Waals surface area contributed by atoms with Crippen LogP contribution in [0.15, 0.2) is 0 Å². The van der Waals surface area contributed by atoms with Crippen LogP contribution < -0.4 is 15.0 Å². The van der Waals surface area contributed by atoms with Crippen molar-refractivity contribution in [3.8, 4) is 5.88 Å². The summed E-state index contributed by atoms with van der Waals surface area (Å²) in [5.41, 5.74) is 0.875. The minimum atomic E-state index is -0.115. The topological polar surface area (TPSA) is 67.4 Å². The van der Waals surface area contributed by atoms with Gasteiger partial charge in [-0.2, -0.15) is 4.98 Å². The Morgan fingerprint density at radius 1 is 1.42 bits per heavy atom. The van der Waals surface area contributed by atoms with Gasteiger partial charge in [0.1, 0.15) is 11.6 Å². The minimum absolute atomic E-state index is 0.0160. The lowest BCUT2D eigenvalue weighted by molar-refractivity contribution is -0.123. The van der Waals surface area contributed by atoms with Gasteiger partial charge >= 0.3 is 0 Å². The smallest absolute Gasteiger partial charge is 0.224 e. The first-order valence-corrected chi connectivity index (χ1v) is 6.22. The third-order valence-corrected chi connectivity index (χ3v) is 2.98. The van der Waals surface area contributed by atoms with Crippen LogP contribution in [0.5, 0.6) is 5.88 Å². The molecule has 6 nitrogen and oxygen atoms in total. The molecule has 0 bridgehead atoms. The molecule has 0 radical (unpaired) electrons. The quantitative estimate of drug-likeness (QED) is 0.858. The number of aromatic nitrogens is 2. The summed E-state index contributed by atoms with van der Waals surface area (Å²) < 4.78 is 5.23. The Morgan fingerprint density at radius 3 is 2.58 bits per heavy atom. The zero-order valence-electron chi connectivity index (χ0n) is 12.4. The van der Waals surface area contributed by atoms with Crippen LogP contribution in [0.4, 0.5) is 5.82 Å². The third-order valence-electron chi connectivity index (χ3n) is 2.98. The monoisotopic (exact) mass is 266 g/mol. The average molecular weight is 266 g/mol. The fourth-order valence-corrected chi connectivity index (χ4v) is 1.99. The van der Waals surface area contributed by atoms with Gasteiger partial charge in [-0.1, -0.05) is 6.92 Å². The summed E-state index contributed by atoms with van der Waals surface area (Å²) in [4.78, 5) is 22.2. The molecule has 1 N–H and O–H groups in total. The maximum Gasteiger partial charge on any atom is 0.224 e. The van der Waals surface area contributed by atoms with E-state index in [0.717, 1.165) is 11.4 Å². The molecule has 0 saturated heterocycles. The Kier molecular flexibility index (Phi) is 5.09. The normalized spacial score (nSPS) is 11.9. The molecule has 1 unspecified atom stereocenters. The summed E-state index contributed by atoms with van der Waals surface area (Å²) >= 11 is 0. The van der Waals surface area contributed by atoms with Gasteiger partial charge in [-0.3, -0.25) is 4.79 Å². The first-order valence-electron chi connectivity index (χ1n) is 6.22. The molecular weight excluding hydrogens is 244 g/mol. The lowest BCUT2D eigenvalue weighted by Crippen LogP contribution is -2.35. The number of nitrogens with zero attached hydrogens (tertiary/aromatic N) is 3. The second kappa shape index (κ2) is 6.36. The Hall–Kier alpha value is -1.85. The van der Waals surface area contributed by atoms with Crippen molar-refractivity contribution in [1.29, 1.82) is 0 Å². The van der Waals surface area contributed by atoms with Gasteiger partial charge < -0.3 is 15.0 Å². The molecule has 1 atom stereocenters. The average Bonchev–Trinajstić information content (AvgIpc) is 2.39. The van der Waals surface area contributed by atoms with E-state index in [4.69, 9.17) is 4.74 Å². The maximum atomic E-state index is 11.6. The summed E-state index contributed by atoms with van der Waals surface area (Å²) in [6.45, 7) is 6.20. The van der Waals surface area contributed by atoms with Gasteiger partial charge in [-0.05, 0) is 13.8 Å². The van der Waals surface area contributed by atoms with Crippen molar-refractivity contribution in [2.75, 3.05) is 32.6 Å². The second-order valence-corrected chi connectivity index (χ2v) is 4.62. The molecular formula is C13H22N4O2. The highest BCUT2D eigenvalue weighted by atomic mass is 16.5. The number of ether oxygens (including phenoxy) is 1. The van der Waals surface area contributed by atoms with Crippen molar-refractivity contribution in [1.82, 2.24) is 15.3 Å². The number of carbonyl (C=O) groups excluding carboxylic acids is 1. The van der Waals surface area contributed by atoms with Crippen molar-refractivity contribution in [3.05, 3.63) is 11.4 Å². The first kappa shape index (κ1) is 15.2. The van der Waals surface area contributed by atoms with Crippen molar-refractivity contribution in [2.45, 2.75) is 20.8 Å². The molecule has 19 heavy (non-hydrogen) atoms. The number of anilines is 1. The molecule has 0 aromatic carbocycles. The molecule has 1 aromatic rings. The SMILES string of the molecule is CNC(=O)C(C)CN(C)c1nc(C)nc(OC)c1C. The Morgan fingerprint density at radius 2 is 2.05 bits per heavy atom. The maximum absolute atomic E-state index is 11.6. The summed E-state index contributed by atoms with van der Waals surface area (Å²) in [5, 5.41) is 2.65. The molecule has 1 aromatic heterocycles. The molecule has 0 saturated carbocycles. The minimum Gasteiger partial charge on any atom is -0.481 e. The predicted molar refractivity (Wildman–Crippen MR) is 74.6 cm³/mol. The zero-order valence-corrected chi connectivity index (χ0v) is 12.4. The van der Waals surface area contributed by atoms with Crippen LogP contribution in [0.1, 0.15) is 18.3 Å². The molecule has 0 aliphatic rings. The van der Waals surface area contributed by atoms with Gasteiger partial charge in [0, 0.05) is 20.6 Å². The molecule has 1 amide bonds. The van der Waals surface area contributed by atoms with Crippen LogP contribution in [-0.4, -0.2) is 43.6 Å². The van der Waals surface area contributed by atoms with Crippen LogP contribution in [0, 0.1) is 19.8 Å². The summed E-state index contributed by atoms with van der Waals surface area (Å²) in [7, 11) is 5.14. The van der Waals surface area contributed by atoms with Crippen LogP contribution in [-0.2, 0) is 4.79 Å². The lowest BCUT2D eigenvalue weighted by Gasteiger charge is -2.24. The summed E-state index contributed by atoms with van der Waals surface area (Å²) in [5.74, 6) is 1.91. The van der Waals surface area contributed by atoms with Gasteiger partial charge in [0.25, 0.3) is 0 Å². The first-order chi connectivity index (χ1) is 8.90. The van der Waals surface area contributed by atoms with E-state index in [1.165, 1.54) is 0 Å². The van der Waals surface area contributed by atoms with Crippen molar-refractivity contribution in [2.24, 2.45) is 5.92 Å². The number of hydrogen-bond donors (Lipinski definition) is 1. The molecule has 106 valence electrons. The highest BCUT2D eigenvalue weighted by Gasteiger charge is 2.18. The van der Waals surface area contributed by atoms with E-state index in [-0.39, 0.29) is 11.8 Å². The number of aryl methyl sites for hydroxylation is 1.